The van der Waals surface area contributed by atoms with Crippen molar-refractivity contribution in [3.05, 3.63) is 301 Å². The fourth-order valence-electron chi connectivity index (χ4n) is 10.6. The van der Waals surface area contributed by atoms with Crippen molar-refractivity contribution in [1.82, 2.24) is 0 Å². The van der Waals surface area contributed by atoms with Crippen LogP contribution in [0.15, 0.2) is 279 Å². The first-order valence-electron chi connectivity index (χ1n) is 23.1. The van der Waals surface area contributed by atoms with Crippen molar-refractivity contribution in [3.63, 3.8) is 0 Å². The summed E-state index contributed by atoms with van der Waals surface area (Å²) in [6, 6.07) is 102. The van der Waals surface area contributed by atoms with Crippen LogP contribution in [0.1, 0.15) is 22.3 Å². The van der Waals surface area contributed by atoms with E-state index >= 15 is 0 Å². The van der Waals surface area contributed by atoms with Crippen LogP contribution in [-0.4, -0.2) is 0 Å². The van der Waals surface area contributed by atoms with Crippen molar-refractivity contribution < 1.29 is 0 Å². The monoisotopic (exact) mass is 854 g/mol. The highest BCUT2D eigenvalue weighted by Gasteiger charge is 2.47. The van der Waals surface area contributed by atoms with Crippen molar-refractivity contribution in [2.45, 2.75) is 5.41 Å². The Morgan fingerprint density at radius 2 is 0.597 bits per heavy atom. The van der Waals surface area contributed by atoms with E-state index in [1.54, 1.807) is 0 Å². The fraction of sp³-hybridized carbons (Fsp3) is 0.0154. The third kappa shape index (κ3) is 6.90. The predicted molar refractivity (Wildman–Crippen MR) is 281 cm³/mol. The summed E-state index contributed by atoms with van der Waals surface area (Å²) in [5, 5.41) is 2.49. The Balaban J connectivity index is 1.03. The molecule has 2 heteroatoms. The molecule has 0 saturated heterocycles. The normalized spacial score (nSPS) is 12.3. The Hall–Kier alpha value is -8.72. The second-order valence-electron chi connectivity index (χ2n) is 17.2. The Morgan fingerprint density at radius 1 is 0.239 bits per heavy atom. The van der Waals surface area contributed by atoms with Crippen molar-refractivity contribution in [2.24, 2.45) is 0 Å². The van der Waals surface area contributed by atoms with E-state index < -0.39 is 5.41 Å². The molecular formula is C65H46N2. The largest absolute Gasteiger partial charge is 0.311 e. The lowest BCUT2D eigenvalue weighted by molar-refractivity contribution is 0.769. The van der Waals surface area contributed by atoms with Crippen LogP contribution >= 0.6 is 0 Å². The van der Waals surface area contributed by atoms with Gasteiger partial charge in [-0.3, -0.25) is 0 Å². The van der Waals surface area contributed by atoms with Gasteiger partial charge in [0.2, 0.25) is 0 Å². The molecule has 1 aliphatic rings. The summed E-state index contributed by atoms with van der Waals surface area (Å²) in [7, 11) is 0. The highest BCUT2D eigenvalue weighted by Crippen LogP contribution is 2.59. The molecule has 0 aliphatic heterocycles. The predicted octanol–water partition coefficient (Wildman–Crippen LogP) is 17.5. The molecule has 0 amide bonds. The maximum absolute atomic E-state index is 2.51. The van der Waals surface area contributed by atoms with Gasteiger partial charge in [0.05, 0.1) is 5.41 Å². The summed E-state index contributed by atoms with van der Waals surface area (Å²) >= 11 is 0. The summed E-state index contributed by atoms with van der Waals surface area (Å²) in [6.07, 6.45) is 0. The van der Waals surface area contributed by atoms with E-state index in [-0.39, 0.29) is 0 Å². The molecule has 0 radical (unpaired) electrons. The van der Waals surface area contributed by atoms with Crippen LogP contribution in [0, 0.1) is 0 Å². The van der Waals surface area contributed by atoms with E-state index in [2.05, 4.69) is 289 Å². The minimum absolute atomic E-state index is 0.601. The van der Waals surface area contributed by atoms with Crippen molar-refractivity contribution in [1.29, 1.82) is 0 Å². The van der Waals surface area contributed by atoms with Crippen LogP contribution in [0.4, 0.5) is 34.1 Å². The van der Waals surface area contributed by atoms with E-state index in [0.29, 0.717) is 0 Å². The smallest absolute Gasteiger partial charge is 0.0714 e. The summed E-state index contributed by atoms with van der Waals surface area (Å²) in [5.74, 6) is 0. The molecule has 0 aromatic heterocycles. The molecule has 0 heterocycles. The molecule has 1 aliphatic carbocycles. The Kier molecular flexibility index (Phi) is 10.1. The lowest BCUT2D eigenvalue weighted by atomic mass is 9.67. The van der Waals surface area contributed by atoms with Crippen LogP contribution in [0.3, 0.4) is 0 Å². The van der Waals surface area contributed by atoms with E-state index in [0.717, 1.165) is 34.1 Å². The first kappa shape index (κ1) is 39.8. The molecule has 0 bridgehead atoms. The first-order valence-corrected chi connectivity index (χ1v) is 23.1. The van der Waals surface area contributed by atoms with Crippen molar-refractivity contribution >= 4 is 44.9 Å². The van der Waals surface area contributed by atoms with Crippen LogP contribution in [0.2, 0.25) is 0 Å². The van der Waals surface area contributed by atoms with Gasteiger partial charge in [0, 0.05) is 34.1 Å². The molecule has 0 fully saturated rings. The number of hydrogen-bond donors (Lipinski definition) is 0. The molecule has 67 heavy (non-hydrogen) atoms. The molecule has 0 N–H and O–H groups in total. The van der Waals surface area contributed by atoms with E-state index in [1.165, 1.54) is 66.4 Å². The molecule has 0 saturated carbocycles. The maximum atomic E-state index is 2.51. The van der Waals surface area contributed by atoms with Gasteiger partial charge in [-0.15, -0.1) is 0 Å². The summed E-state index contributed by atoms with van der Waals surface area (Å²) in [5.41, 5.74) is 18.5. The molecule has 11 aromatic rings. The van der Waals surface area contributed by atoms with Crippen LogP contribution in [-0.2, 0) is 5.41 Å². The number of fused-ring (bicyclic) bond motifs is 5. The van der Waals surface area contributed by atoms with Gasteiger partial charge in [-0.1, -0.05) is 194 Å². The quantitative estimate of drug-likeness (QED) is 0.135. The van der Waals surface area contributed by atoms with Crippen LogP contribution < -0.4 is 9.80 Å². The molecule has 316 valence electrons. The minimum atomic E-state index is -0.601. The molecule has 12 rings (SSSR count). The molecule has 0 unspecified atom stereocenters. The number of rotatable bonds is 10. The molecule has 0 spiro atoms. The molecular weight excluding hydrogens is 809 g/mol. The molecule has 0 atom stereocenters. The van der Waals surface area contributed by atoms with Gasteiger partial charge in [-0.2, -0.15) is 0 Å². The fourth-order valence-corrected chi connectivity index (χ4v) is 10.6. The van der Waals surface area contributed by atoms with Crippen LogP contribution in [0.25, 0.3) is 44.2 Å². The first-order chi connectivity index (χ1) is 33.3. The SMILES string of the molecule is c1ccc(N(c2ccccc2)c2ccc(-c3ccc4c(c3)C(c3ccccc3)(c3ccccc3)c3cc(-c5ccc(N(c6ccccc6)c6ccccc6)cc5)c5ccccc5c3-4)cc2)cc1. The van der Waals surface area contributed by atoms with Gasteiger partial charge < -0.3 is 9.80 Å². The number of anilines is 6. The zero-order chi connectivity index (χ0) is 44.6. The third-order valence-electron chi connectivity index (χ3n) is 13.5. The zero-order valence-corrected chi connectivity index (χ0v) is 37.0. The van der Waals surface area contributed by atoms with Gasteiger partial charge in [-0.25, -0.2) is 0 Å². The topological polar surface area (TPSA) is 6.48 Å². The molecule has 2 nitrogen and oxygen atoms in total. The second-order valence-corrected chi connectivity index (χ2v) is 17.2. The standard InChI is InChI=1S/C65H46N2/c1-7-21-50(22-8-1)65(51-23-9-2-10-24-51)62-45-49(47-35-40-56(41-36-47)66(52-25-11-3-12-26-52)53-27-13-4-14-28-53)39-44-60(62)64-59-34-20-19-33-58(59)61(46-63(64)65)48-37-42-57(43-38-48)67(54-29-15-5-16-30-54)55-31-17-6-18-32-55/h1-46H. The lowest BCUT2D eigenvalue weighted by Crippen LogP contribution is -2.28. The van der Waals surface area contributed by atoms with E-state index in [4.69, 9.17) is 0 Å². The Morgan fingerprint density at radius 3 is 1.04 bits per heavy atom. The van der Waals surface area contributed by atoms with Crippen molar-refractivity contribution in [3.8, 4) is 33.4 Å². The molecule has 11 aromatic carbocycles. The van der Waals surface area contributed by atoms with E-state index in [9.17, 15) is 0 Å². The Labute approximate surface area is 393 Å². The number of nitrogens with zero attached hydrogens (tertiary/aromatic N) is 2. The maximum Gasteiger partial charge on any atom is 0.0714 e. The number of benzene rings is 11. The van der Waals surface area contributed by atoms with Gasteiger partial charge in [0.15, 0.2) is 0 Å². The van der Waals surface area contributed by atoms with Gasteiger partial charge in [0.1, 0.15) is 0 Å². The average molecular weight is 855 g/mol. The highest BCUT2D eigenvalue weighted by atomic mass is 15.1. The average Bonchev–Trinajstić information content (AvgIpc) is 3.71. The number of para-hydroxylation sites is 4. The Bertz CT molecular complexity index is 3350. The summed E-state index contributed by atoms with van der Waals surface area (Å²) in [4.78, 5) is 4.64. The summed E-state index contributed by atoms with van der Waals surface area (Å²) in [6.45, 7) is 0. The van der Waals surface area contributed by atoms with Crippen LogP contribution in [0.5, 0.6) is 0 Å². The third-order valence-corrected chi connectivity index (χ3v) is 13.5. The highest BCUT2D eigenvalue weighted by molar-refractivity contribution is 6.10. The minimum Gasteiger partial charge on any atom is -0.311 e. The number of hydrogen-bond acceptors (Lipinski definition) is 2. The van der Waals surface area contributed by atoms with E-state index in [1.807, 2.05) is 0 Å². The van der Waals surface area contributed by atoms with Gasteiger partial charge in [-0.05, 0) is 151 Å². The second kappa shape index (κ2) is 17.0. The zero-order valence-electron chi connectivity index (χ0n) is 37.0. The van der Waals surface area contributed by atoms with Crippen molar-refractivity contribution in [2.75, 3.05) is 9.80 Å². The van der Waals surface area contributed by atoms with Gasteiger partial charge >= 0.3 is 0 Å². The van der Waals surface area contributed by atoms with Gasteiger partial charge in [0.25, 0.3) is 0 Å². The summed E-state index contributed by atoms with van der Waals surface area (Å²) < 4.78 is 0. The lowest BCUT2D eigenvalue weighted by Gasteiger charge is -2.34.